The Kier molecular flexibility index (Phi) is 2.91. The van der Waals surface area contributed by atoms with E-state index in [9.17, 15) is 25.4 Å². The van der Waals surface area contributed by atoms with E-state index in [4.69, 9.17) is 5.73 Å². The molecule has 1 aliphatic heterocycles. The van der Waals surface area contributed by atoms with Gasteiger partial charge < -0.3 is 26.0 Å². The Morgan fingerprint density at radius 3 is 2.36 bits per heavy atom. The van der Waals surface area contributed by atoms with Crippen LogP contribution in [-0.4, -0.2) is 55.6 Å². The van der Waals surface area contributed by atoms with Crippen molar-refractivity contribution in [3.05, 3.63) is 0 Å². The second-order valence-electron chi connectivity index (χ2n) is 9.49. The number of piperidine rings is 1. The normalized spacial score (nSPS) is 52.6. The number of hydrogen-bond donors (Lipinski definition) is 4. The number of carbonyl (C=O) groups is 1. The fourth-order valence-electron chi connectivity index (χ4n) is 7.14. The lowest BCUT2D eigenvalue weighted by molar-refractivity contribution is -0.180. The van der Waals surface area contributed by atoms with Crippen LogP contribution in [0.4, 0.5) is 0 Å². The fourth-order valence-corrected chi connectivity index (χ4v) is 7.14. The van der Waals surface area contributed by atoms with Gasteiger partial charge >= 0.3 is 0 Å². The Labute approximate surface area is 146 Å². The zero-order chi connectivity index (χ0) is 17.8. The molecule has 1 saturated heterocycles. The van der Waals surface area contributed by atoms with E-state index in [0.29, 0.717) is 18.3 Å². The lowest BCUT2D eigenvalue weighted by Crippen LogP contribution is -2.65. The van der Waals surface area contributed by atoms with Gasteiger partial charge in [-0.1, -0.05) is 0 Å². The molecule has 136 valence electrons. The average molecular weight is 347 g/mol. The third kappa shape index (κ3) is 1.97. The Morgan fingerprint density at radius 2 is 1.80 bits per heavy atom. The SMILES string of the molecule is N#CC1CC2C(N1C(=O)C(N)C13CC4CC(CC(O)(C4)C1)C3)C2(O)O. The van der Waals surface area contributed by atoms with Gasteiger partial charge in [0.05, 0.1) is 23.8 Å². The molecule has 6 fully saturated rings. The van der Waals surface area contributed by atoms with Gasteiger partial charge in [-0.2, -0.15) is 5.26 Å². The van der Waals surface area contributed by atoms with Crippen LogP contribution in [0.5, 0.6) is 0 Å². The molecule has 0 aromatic heterocycles. The summed E-state index contributed by atoms with van der Waals surface area (Å²) in [6, 6.07) is -0.0437. The van der Waals surface area contributed by atoms with Gasteiger partial charge in [-0.3, -0.25) is 4.79 Å². The number of aliphatic hydroxyl groups is 3. The second kappa shape index (κ2) is 4.55. The van der Waals surface area contributed by atoms with Crippen LogP contribution in [0.15, 0.2) is 0 Å². The summed E-state index contributed by atoms with van der Waals surface area (Å²) in [5.41, 5.74) is 5.34. The molecule has 4 bridgehead atoms. The number of nitrogens with two attached hydrogens (primary N) is 1. The number of fused-ring (bicyclic) bond motifs is 1. The molecule has 7 heteroatoms. The summed E-state index contributed by atoms with van der Waals surface area (Å²) in [6.45, 7) is 0. The van der Waals surface area contributed by atoms with Crippen molar-refractivity contribution in [2.45, 2.75) is 74.5 Å². The van der Waals surface area contributed by atoms with E-state index in [0.717, 1.165) is 32.1 Å². The molecule has 6 atom stereocenters. The second-order valence-corrected chi connectivity index (χ2v) is 9.49. The van der Waals surface area contributed by atoms with E-state index < -0.39 is 40.8 Å². The molecule has 5 saturated carbocycles. The van der Waals surface area contributed by atoms with E-state index in [-0.39, 0.29) is 12.3 Å². The molecule has 7 nitrogen and oxygen atoms in total. The Bertz CT molecular complexity index is 672. The average Bonchev–Trinajstić information content (AvgIpc) is 2.89. The summed E-state index contributed by atoms with van der Waals surface area (Å²) in [5, 5.41) is 40.2. The first kappa shape index (κ1) is 16.0. The molecule has 1 heterocycles. The number of amides is 1. The number of nitrogens with zero attached hydrogens (tertiary/aromatic N) is 2. The van der Waals surface area contributed by atoms with Crippen molar-refractivity contribution in [1.82, 2.24) is 4.90 Å². The van der Waals surface area contributed by atoms with Crippen molar-refractivity contribution >= 4 is 5.91 Å². The molecule has 0 aromatic rings. The Morgan fingerprint density at radius 1 is 1.16 bits per heavy atom. The third-order valence-electron chi connectivity index (χ3n) is 7.77. The summed E-state index contributed by atoms with van der Waals surface area (Å²) in [6.07, 6.45) is 5.24. The van der Waals surface area contributed by atoms with Crippen molar-refractivity contribution in [3.8, 4) is 6.07 Å². The van der Waals surface area contributed by atoms with E-state index in [1.807, 2.05) is 0 Å². The first-order valence-electron chi connectivity index (χ1n) is 9.34. The summed E-state index contributed by atoms with van der Waals surface area (Å²) < 4.78 is 0. The van der Waals surface area contributed by atoms with Gasteiger partial charge in [0.15, 0.2) is 5.79 Å². The lowest BCUT2D eigenvalue weighted by atomic mass is 9.46. The van der Waals surface area contributed by atoms with Crippen LogP contribution in [0.3, 0.4) is 0 Å². The van der Waals surface area contributed by atoms with Crippen molar-refractivity contribution in [3.63, 3.8) is 0 Å². The highest BCUT2D eigenvalue weighted by atomic mass is 16.5. The van der Waals surface area contributed by atoms with Gasteiger partial charge in [0, 0.05) is 5.92 Å². The lowest BCUT2D eigenvalue weighted by Gasteiger charge is -2.61. The molecule has 0 radical (unpaired) electrons. The highest BCUT2D eigenvalue weighted by Crippen LogP contribution is 2.63. The molecule has 25 heavy (non-hydrogen) atoms. The molecule has 6 rings (SSSR count). The van der Waals surface area contributed by atoms with E-state index in [1.54, 1.807) is 0 Å². The van der Waals surface area contributed by atoms with Crippen molar-refractivity contribution in [1.29, 1.82) is 5.26 Å². The van der Waals surface area contributed by atoms with Crippen LogP contribution in [0, 0.1) is 34.5 Å². The number of hydrogen-bond acceptors (Lipinski definition) is 6. The van der Waals surface area contributed by atoms with Crippen molar-refractivity contribution in [2.75, 3.05) is 0 Å². The van der Waals surface area contributed by atoms with Crippen LogP contribution >= 0.6 is 0 Å². The van der Waals surface area contributed by atoms with E-state index in [1.165, 1.54) is 4.90 Å². The van der Waals surface area contributed by atoms with Gasteiger partial charge in [0.1, 0.15) is 6.04 Å². The maximum absolute atomic E-state index is 13.2. The molecular weight excluding hydrogens is 322 g/mol. The summed E-state index contributed by atoms with van der Waals surface area (Å²) in [5.74, 6) is -1.86. The maximum Gasteiger partial charge on any atom is 0.241 e. The van der Waals surface area contributed by atoms with Crippen LogP contribution in [0.1, 0.15) is 44.9 Å². The molecule has 0 spiro atoms. The molecule has 5 aliphatic carbocycles. The molecule has 1 amide bonds. The third-order valence-corrected chi connectivity index (χ3v) is 7.77. The minimum atomic E-state index is -1.89. The summed E-state index contributed by atoms with van der Waals surface area (Å²) in [7, 11) is 0. The van der Waals surface area contributed by atoms with E-state index in [2.05, 4.69) is 6.07 Å². The zero-order valence-electron chi connectivity index (χ0n) is 14.1. The number of rotatable bonds is 2. The summed E-state index contributed by atoms with van der Waals surface area (Å²) >= 11 is 0. The van der Waals surface area contributed by atoms with Crippen LogP contribution in [0.25, 0.3) is 0 Å². The monoisotopic (exact) mass is 347 g/mol. The predicted molar refractivity (Wildman–Crippen MR) is 85.4 cm³/mol. The number of nitriles is 1. The molecule has 0 aromatic carbocycles. The largest absolute Gasteiger partial charge is 0.390 e. The van der Waals surface area contributed by atoms with Gasteiger partial charge in [-0.15, -0.1) is 0 Å². The topological polar surface area (TPSA) is 131 Å². The Hall–Kier alpha value is -1.20. The van der Waals surface area contributed by atoms with Gasteiger partial charge in [0.25, 0.3) is 0 Å². The highest BCUT2D eigenvalue weighted by Gasteiger charge is 2.74. The molecule has 5 N–H and O–H groups in total. The smallest absolute Gasteiger partial charge is 0.241 e. The standard InChI is InChI=1S/C18H25N3O4/c19-7-11-2-12-14(18(12,24)25)21(11)15(22)13(20)16-3-9-1-10(4-16)6-17(23,5-9)8-16/h9-14,23-25H,1-6,8,20H2. The van der Waals surface area contributed by atoms with Gasteiger partial charge in [-0.05, 0) is 62.2 Å². The Balaban J connectivity index is 1.44. The van der Waals surface area contributed by atoms with Gasteiger partial charge in [0.2, 0.25) is 5.91 Å². The molecule has 6 unspecified atom stereocenters. The maximum atomic E-state index is 13.2. The van der Waals surface area contributed by atoms with Crippen LogP contribution in [-0.2, 0) is 4.79 Å². The predicted octanol–water partition coefficient (Wildman–Crippen LogP) is -0.551. The van der Waals surface area contributed by atoms with E-state index >= 15 is 0 Å². The fraction of sp³-hybridized carbons (Fsp3) is 0.889. The number of likely N-dealkylation sites (tertiary alicyclic amines) is 1. The van der Waals surface area contributed by atoms with Crippen molar-refractivity contribution < 1.29 is 20.1 Å². The zero-order valence-corrected chi connectivity index (χ0v) is 14.1. The van der Waals surface area contributed by atoms with Crippen LogP contribution < -0.4 is 5.73 Å². The first-order valence-corrected chi connectivity index (χ1v) is 9.34. The minimum Gasteiger partial charge on any atom is -0.390 e. The minimum absolute atomic E-state index is 0.287. The molecular formula is C18H25N3O4. The van der Waals surface area contributed by atoms with Crippen LogP contribution in [0.2, 0.25) is 0 Å². The molecule has 6 aliphatic rings. The van der Waals surface area contributed by atoms with Gasteiger partial charge in [-0.25, -0.2) is 0 Å². The quantitative estimate of drug-likeness (QED) is 0.496. The first-order chi connectivity index (χ1) is 11.7. The summed E-state index contributed by atoms with van der Waals surface area (Å²) in [4.78, 5) is 14.5. The van der Waals surface area contributed by atoms with Crippen molar-refractivity contribution in [2.24, 2.45) is 28.9 Å². The number of carbonyl (C=O) groups excluding carboxylic acids is 1. The highest BCUT2D eigenvalue weighted by molar-refractivity contribution is 5.85.